The maximum Gasteiger partial charge on any atom is 2.00 e. The molecule has 0 N–H and O–H groups in total. The second-order valence-electron chi connectivity index (χ2n) is 14.9. The third-order valence-corrected chi connectivity index (χ3v) is 7.05. The molecule has 2 aliphatic heterocycles. The average Bonchev–Trinajstić information content (AvgIpc) is 3.53. The Labute approximate surface area is 253 Å². The number of rotatable bonds is 0. The van der Waals surface area contributed by atoms with Crippen LogP contribution in [-0.4, -0.2) is 29.9 Å². The molecule has 8 bridgehead atoms. The molecule has 219 valence electrons. The molecule has 0 atom stereocenters. The van der Waals surface area contributed by atoms with Crippen LogP contribution in [0.4, 0.5) is 0 Å². The molecule has 0 saturated carbocycles. The van der Waals surface area contributed by atoms with Crippen LogP contribution in [0.15, 0.2) is 12.1 Å². The number of nitrogens with zero attached hydrogens (tertiary/aromatic N) is 8. The van der Waals surface area contributed by atoms with E-state index in [0.29, 0.717) is 45.9 Å². The zero-order valence-electron chi connectivity index (χ0n) is 26.2. The number of hydrogen-bond donors (Lipinski definition) is 0. The molecular formula is C32H40CuN8. The van der Waals surface area contributed by atoms with Crippen LogP contribution in [0.1, 0.15) is 118 Å². The van der Waals surface area contributed by atoms with Gasteiger partial charge in [0.05, 0.1) is 23.3 Å². The van der Waals surface area contributed by atoms with Crippen LogP contribution in [0, 0.1) is 10.8 Å². The van der Waals surface area contributed by atoms with Gasteiger partial charge >= 0.3 is 17.1 Å². The molecule has 0 unspecified atom stereocenters. The van der Waals surface area contributed by atoms with Crippen LogP contribution >= 0.6 is 0 Å². The van der Waals surface area contributed by atoms with Crippen LogP contribution < -0.4 is 9.97 Å². The van der Waals surface area contributed by atoms with Crippen LogP contribution in [0.3, 0.4) is 0 Å². The number of fused-ring (bicyclic) bond motifs is 8. The van der Waals surface area contributed by atoms with Gasteiger partial charge in [-0.1, -0.05) is 83.1 Å². The third-order valence-electron chi connectivity index (χ3n) is 7.05. The fourth-order valence-electron chi connectivity index (χ4n) is 4.79. The predicted octanol–water partition coefficient (Wildman–Crippen LogP) is 6.92. The molecular weight excluding hydrogens is 560 g/mol. The molecule has 9 heteroatoms. The Morgan fingerprint density at radius 3 is 1.29 bits per heavy atom. The molecule has 5 heterocycles. The smallest absolute Gasteiger partial charge is 0.358 e. The molecule has 1 radical (unpaired) electrons. The summed E-state index contributed by atoms with van der Waals surface area (Å²) in [5, 5.41) is 0. The monoisotopic (exact) mass is 599 g/mol. The van der Waals surface area contributed by atoms with Crippen molar-refractivity contribution in [3.8, 4) is 0 Å². The Kier molecular flexibility index (Phi) is 7.50. The first-order valence-electron chi connectivity index (χ1n) is 13.9. The predicted molar refractivity (Wildman–Crippen MR) is 162 cm³/mol. The first-order valence-corrected chi connectivity index (χ1v) is 13.9. The van der Waals surface area contributed by atoms with E-state index in [1.54, 1.807) is 0 Å². The Bertz CT molecular complexity index is 1730. The van der Waals surface area contributed by atoms with E-state index in [0.717, 1.165) is 22.3 Å². The van der Waals surface area contributed by atoms with E-state index in [-0.39, 0.29) is 38.7 Å². The zero-order valence-corrected chi connectivity index (χ0v) is 27.1. The molecule has 2 aliphatic rings. The van der Waals surface area contributed by atoms with E-state index in [1.165, 1.54) is 0 Å². The van der Waals surface area contributed by atoms with Crippen LogP contribution in [-0.2, 0) is 27.9 Å². The van der Waals surface area contributed by atoms with Crippen molar-refractivity contribution >= 4 is 45.9 Å². The van der Waals surface area contributed by atoms with Crippen molar-refractivity contribution in [1.29, 1.82) is 0 Å². The zero-order chi connectivity index (χ0) is 29.4. The Morgan fingerprint density at radius 1 is 0.463 bits per heavy atom. The summed E-state index contributed by atoms with van der Waals surface area (Å²) in [6.45, 7) is 25.8. The van der Waals surface area contributed by atoms with Crippen LogP contribution in [0.25, 0.3) is 45.9 Å². The van der Waals surface area contributed by atoms with Gasteiger partial charge in [-0.05, 0) is 68.2 Å². The molecule has 0 spiro atoms. The molecule has 0 fully saturated rings. The molecule has 5 rings (SSSR count). The van der Waals surface area contributed by atoms with Gasteiger partial charge in [-0.15, -0.1) is 0 Å². The summed E-state index contributed by atoms with van der Waals surface area (Å²) < 4.78 is 0. The van der Waals surface area contributed by atoms with E-state index in [4.69, 9.17) is 39.9 Å². The van der Waals surface area contributed by atoms with Crippen molar-refractivity contribution < 1.29 is 17.1 Å². The van der Waals surface area contributed by atoms with E-state index in [2.05, 4.69) is 83.1 Å². The summed E-state index contributed by atoms with van der Waals surface area (Å²) in [6, 6.07) is 4.01. The molecule has 0 aliphatic carbocycles. The molecule has 0 amide bonds. The van der Waals surface area contributed by atoms with E-state index < -0.39 is 0 Å². The van der Waals surface area contributed by atoms with E-state index in [9.17, 15) is 0 Å². The Hall–Kier alpha value is -3.16. The molecule has 0 aromatic carbocycles. The number of allylic oxidation sites excluding steroid dienone is 2. The maximum atomic E-state index is 5.04. The molecule has 8 nitrogen and oxygen atoms in total. The van der Waals surface area contributed by atoms with Crippen LogP contribution in [0.2, 0.25) is 0 Å². The van der Waals surface area contributed by atoms with Gasteiger partial charge in [0.25, 0.3) is 0 Å². The van der Waals surface area contributed by atoms with Crippen molar-refractivity contribution in [2.75, 3.05) is 0 Å². The van der Waals surface area contributed by atoms with Crippen molar-refractivity contribution in [1.82, 2.24) is 39.9 Å². The summed E-state index contributed by atoms with van der Waals surface area (Å²) in [5.41, 5.74) is 5.58. The van der Waals surface area contributed by atoms with Gasteiger partial charge in [0, 0.05) is 22.6 Å². The molecule has 3 aromatic rings. The quantitative estimate of drug-likeness (QED) is 0.256. The summed E-state index contributed by atoms with van der Waals surface area (Å²) in [6.07, 6.45) is 4.01. The Morgan fingerprint density at radius 2 is 0.854 bits per heavy atom. The van der Waals surface area contributed by atoms with Gasteiger partial charge in [-0.3, -0.25) is 0 Å². The standard InChI is InChI=1S/C32H40N8.Cu/c1-29(2,3)17-13-21-33-22-14-18(30(4,5)6)26(35-22)37-24-16-20(32(10,11)12)28(39-24)40-27-19(31(7,8)9)15-23(38-27)36-25(17)34-21;/h13-16H,1-12H3;/q-2;+2. The van der Waals surface area contributed by atoms with Crippen molar-refractivity contribution in [3.05, 3.63) is 46.6 Å². The molecule has 41 heavy (non-hydrogen) atoms. The van der Waals surface area contributed by atoms with Gasteiger partial charge in [-0.2, -0.15) is 0 Å². The van der Waals surface area contributed by atoms with Crippen molar-refractivity contribution in [2.24, 2.45) is 10.8 Å². The van der Waals surface area contributed by atoms with Gasteiger partial charge < -0.3 is 29.9 Å². The molecule has 3 aromatic heterocycles. The Balaban J connectivity index is 0.00000387. The van der Waals surface area contributed by atoms with Crippen molar-refractivity contribution in [2.45, 2.75) is 93.9 Å². The first-order chi connectivity index (χ1) is 18.3. The minimum atomic E-state index is -0.200. The van der Waals surface area contributed by atoms with Gasteiger partial charge in [-0.25, -0.2) is 9.97 Å². The fourth-order valence-corrected chi connectivity index (χ4v) is 4.79. The fraction of sp³-hybridized carbons (Fsp3) is 0.500. The number of hydrogen-bond acceptors (Lipinski definition) is 6. The normalized spacial score (nSPS) is 14.4. The van der Waals surface area contributed by atoms with Gasteiger partial charge in [0.15, 0.2) is 0 Å². The third kappa shape index (κ3) is 6.21. The molecule has 0 saturated heterocycles. The SMILES string of the molecule is CC(C)(C)C1=Cc2nc1nc1cc(C(C)(C)C)c(nc3nc(nc4[n-]c(cc4C(C)(C)C)n2)C=C3C(C)(C)C)[n-]1.[Cu+2]. The van der Waals surface area contributed by atoms with E-state index >= 15 is 0 Å². The second-order valence-corrected chi connectivity index (χ2v) is 14.9. The average molecular weight is 600 g/mol. The summed E-state index contributed by atoms with van der Waals surface area (Å²) in [5.74, 6) is 2.37. The topological polar surface area (TPSA) is 106 Å². The number of aromatic nitrogens is 8. The van der Waals surface area contributed by atoms with Gasteiger partial charge in [0.2, 0.25) is 0 Å². The van der Waals surface area contributed by atoms with Crippen LogP contribution in [0.5, 0.6) is 0 Å². The van der Waals surface area contributed by atoms with Crippen molar-refractivity contribution in [3.63, 3.8) is 0 Å². The largest absolute Gasteiger partial charge is 2.00 e. The summed E-state index contributed by atoms with van der Waals surface area (Å²) in [4.78, 5) is 39.2. The summed E-state index contributed by atoms with van der Waals surface area (Å²) in [7, 11) is 0. The minimum Gasteiger partial charge on any atom is -0.358 e. The first kappa shape index (κ1) is 30.8. The maximum absolute atomic E-state index is 5.04. The minimum absolute atomic E-state index is 0. The van der Waals surface area contributed by atoms with Gasteiger partial charge in [0.1, 0.15) is 0 Å². The van der Waals surface area contributed by atoms with E-state index in [1.807, 2.05) is 24.3 Å². The summed E-state index contributed by atoms with van der Waals surface area (Å²) >= 11 is 0. The second kappa shape index (κ2) is 9.99.